The second kappa shape index (κ2) is 7.96. The van der Waals surface area contributed by atoms with E-state index < -0.39 is 0 Å². The lowest BCUT2D eigenvalue weighted by Gasteiger charge is -2.14. The minimum absolute atomic E-state index is 0. The van der Waals surface area contributed by atoms with Gasteiger partial charge in [-0.15, -0.1) is 12.4 Å². The van der Waals surface area contributed by atoms with E-state index in [-0.39, 0.29) is 20.6 Å². The molecule has 0 heterocycles. The average Bonchev–Trinajstić information content (AvgIpc) is 2.16. The van der Waals surface area contributed by atoms with Gasteiger partial charge in [0.15, 0.2) is 0 Å². The Morgan fingerprint density at radius 2 is 1.80 bits per heavy atom. The van der Waals surface area contributed by atoms with Crippen molar-refractivity contribution in [2.45, 2.75) is 20.3 Å². The molecule has 1 nitrogen and oxygen atoms in total. The Kier molecular flexibility index (Phi) is 7.82. The Morgan fingerprint density at radius 1 is 1.20 bits per heavy atom. The molecule has 0 bridgehead atoms. The quantitative estimate of drug-likeness (QED) is 0.692. The summed E-state index contributed by atoms with van der Waals surface area (Å²) in [6.45, 7) is 6.71. The van der Waals surface area contributed by atoms with Gasteiger partial charge in [-0.05, 0) is 31.1 Å². The molecule has 3 heteroatoms. The van der Waals surface area contributed by atoms with Crippen LogP contribution in [0.5, 0.6) is 5.75 Å². The number of hydrogen-bond donors (Lipinski definition) is 0. The highest BCUT2D eigenvalue weighted by atomic mass is 35.5. The summed E-state index contributed by atoms with van der Waals surface area (Å²) in [6, 6.07) is 10.1. The van der Waals surface area contributed by atoms with Crippen molar-refractivity contribution in [3.8, 4) is 5.75 Å². The van der Waals surface area contributed by atoms with Gasteiger partial charge in [0.05, 0.1) is 8.15 Å². The number of halogens is 1. The standard InChI is InChI=1S/C12H19OP.ClH/c1-11(2)9-10-14(3)13-12-7-5-4-6-8-12;/h4-8,11H,9-10H2,1-3H3;1H. The van der Waals surface area contributed by atoms with E-state index in [0.29, 0.717) is 0 Å². The smallest absolute Gasteiger partial charge is 0.123 e. The lowest BCUT2D eigenvalue weighted by Crippen LogP contribution is -1.95. The Bertz CT molecular complexity index is 251. The summed E-state index contributed by atoms with van der Waals surface area (Å²) in [5, 5.41) is 0. The number of benzene rings is 1. The molecule has 0 amide bonds. The Balaban J connectivity index is 0.00000196. The van der Waals surface area contributed by atoms with Crippen LogP contribution in [-0.4, -0.2) is 12.8 Å². The molecular formula is C12H20ClOP. The zero-order valence-electron chi connectivity index (χ0n) is 9.64. The van der Waals surface area contributed by atoms with Crippen molar-refractivity contribution < 1.29 is 4.52 Å². The molecular weight excluding hydrogens is 227 g/mol. The molecule has 0 saturated carbocycles. The fourth-order valence-electron chi connectivity index (χ4n) is 1.15. The first-order valence-corrected chi connectivity index (χ1v) is 7.02. The minimum Gasteiger partial charge on any atom is -0.474 e. The Labute approximate surface area is 100 Å². The van der Waals surface area contributed by atoms with Crippen LogP contribution in [0.25, 0.3) is 0 Å². The van der Waals surface area contributed by atoms with Crippen molar-refractivity contribution in [3.05, 3.63) is 30.3 Å². The Hall–Kier alpha value is -0.260. The third kappa shape index (κ3) is 6.76. The fourth-order valence-corrected chi connectivity index (χ4v) is 2.60. The fraction of sp³-hybridized carbons (Fsp3) is 0.500. The zero-order chi connectivity index (χ0) is 10.4. The molecule has 0 aromatic heterocycles. The van der Waals surface area contributed by atoms with Crippen LogP contribution >= 0.6 is 20.6 Å². The molecule has 0 N–H and O–H groups in total. The summed E-state index contributed by atoms with van der Waals surface area (Å²) in [7, 11) is -0.289. The molecule has 0 saturated heterocycles. The van der Waals surface area contributed by atoms with E-state index in [0.717, 1.165) is 11.7 Å². The maximum absolute atomic E-state index is 5.83. The molecule has 0 fully saturated rings. The molecule has 0 aliphatic carbocycles. The van der Waals surface area contributed by atoms with Gasteiger partial charge >= 0.3 is 0 Å². The van der Waals surface area contributed by atoms with Gasteiger partial charge in [-0.3, -0.25) is 0 Å². The van der Waals surface area contributed by atoms with Crippen LogP contribution in [-0.2, 0) is 0 Å². The maximum atomic E-state index is 5.83. The van der Waals surface area contributed by atoms with Crippen LogP contribution in [0.15, 0.2) is 30.3 Å². The molecule has 1 aromatic rings. The SMILES string of the molecule is CC(C)CCP(C)Oc1ccccc1.Cl. The third-order valence-corrected chi connectivity index (χ3v) is 3.44. The van der Waals surface area contributed by atoms with Gasteiger partial charge in [0.2, 0.25) is 0 Å². The highest BCUT2D eigenvalue weighted by Crippen LogP contribution is 2.35. The van der Waals surface area contributed by atoms with Crippen LogP contribution < -0.4 is 4.52 Å². The molecule has 0 aliphatic rings. The van der Waals surface area contributed by atoms with E-state index in [1.54, 1.807) is 0 Å². The van der Waals surface area contributed by atoms with Gasteiger partial charge < -0.3 is 4.52 Å². The molecule has 1 aromatic carbocycles. The summed E-state index contributed by atoms with van der Waals surface area (Å²) in [5.41, 5.74) is 0. The van der Waals surface area contributed by atoms with Crippen LogP contribution in [0.1, 0.15) is 20.3 Å². The number of rotatable bonds is 5. The summed E-state index contributed by atoms with van der Waals surface area (Å²) in [6.07, 6.45) is 2.46. The monoisotopic (exact) mass is 246 g/mol. The van der Waals surface area contributed by atoms with Gasteiger partial charge in [0.1, 0.15) is 5.75 Å². The number of hydrogen-bond acceptors (Lipinski definition) is 1. The van der Waals surface area contributed by atoms with E-state index in [4.69, 9.17) is 4.52 Å². The molecule has 0 spiro atoms. The van der Waals surface area contributed by atoms with E-state index in [1.807, 2.05) is 30.3 Å². The van der Waals surface area contributed by atoms with Crippen molar-refractivity contribution in [1.82, 2.24) is 0 Å². The van der Waals surface area contributed by atoms with Crippen LogP contribution in [0.3, 0.4) is 0 Å². The van der Waals surface area contributed by atoms with Crippen LogP contribution in [0, 0.1) is 5.92 Å². The molecule has 1 rings (SSSR count). The van der Waals surface area contributed by atoms with Gasteiger partial charge in [-0.25, -0.2) is 0 Å². The Morgan fingerprint density at radius 3 is 2.33 bits per heavy atom. The largest absolute Gasteiger partial charge is 0.474 e. The second-order valence-corrected chi connectivity index (χ2v) is 5.82. The summed E-state index contributed by atoms with van der Waals surface area (Å²) in [4.78, 5) is 0. The average molecular weight is 247 g/mol. The summed E-state index contributed by atoms with van der Waals surface area (Å²) in [5.74, 6) is 1.78. The lowest BCUT2D eigenvalue weighted by atomic mass is 10.2. The van der Waals surface area contributed by atoms with Gasteiger partial charge in [0, 0.05) is 6.16 Å². The highest BCUT2D eigenvalue weighted by Gasteiger charge is 2.04. The van der Waals surface area contributed by atoms with E-state index in [2.05, 4.69) is 20.5 Å². The third-order valence-electron chi connectivity index (χ3n) is 2.03. The topological polar surface area (TPSA) is 9.23 Å². The van der Waals surface area contributed by atoms with Crippen molar-refractivity contribution in [2.24, 2.45) is 5.92 Å². The summed E-state index contributed by atoms with van der Waals surface area (Å²) >= 11 is 0. The van der Waals surface area contributed by atoms with Crippen molar-refractivity contribution in [2.75, 3.05) is 12.8 Å². The van der Waals surface area contributed by atoms with Crippen molar-refractivity contribution in [3.63, 3.8) is 0 Å². The van der Waals surface area contributed by atoms with Gasteiger partial charge in [-0.1, -0.05) is 32.0 Å². The van der Waals surface area contributed by atoms with Gasteiger partial charge in [-0.2, -0.15) is 0 Å². The van der Waals surface area contributed by atoms with Crippen LogP contribution in [0.2, 0.25) is 0 Å². The first-order chi connectivity index (χ1) is 6.68. The molecule has 86 valence electrons. The maximum Gasteiger partial charge on any atom is 0.123 e. The summed E-state index contributed by atoms with van der Waals surface area (Å²) < 4.78 is 5.83. The first-order valence-electron chi connectivity index (χ1n) is 5.12. The predicted octanol–water partition coefficient (Wildman–Crippen LogP) is 4.56. The zero-order valence-corrected chi connectivity index (χ0v) is 11.4. The van der Waals surface area contributed by atoms with Crippen molar-refractivity contribution >= 4 is 20.6 Å². The molecule has 0 aliphatic heterocycles. The van der Waals surface area contributed by atoms with Crippen LogP contribution in [0.4, 0.5) is 0 Å². The molecule has 1 unspecified atom stereocenters. The predicted molar refractivity (Wildman–Crippen MR) is 71.5 cm³/mol. The molecule has 1 atom stereocenters. The van der Waals surface area contributed by atoms with E-state index >= 15 is 0 Å². The molecule has 0 radical (unpaired) electrons. The normalized spacial score (nSPS) is 12.0. The lowest BCUT2D eigenvalue weighted by molar-refractivity contribution is 0.588. The molecule has 15 heavy (non-hydrogen) atoms. The first kappa shape index (κ1) is 14.7. The van der Waals surface area contributed by atoms with Gasteiger partial charge in [0.25, 0.3) is 0 Å². The van der Waals surface area contributed by atoms with E-state index in [1.165, 1.54) is 12.6 Å². The number of para-hydroxylation sites is 1. The van der Waals surface area contributed by atoms with Crippen molar-refractivity contribution in [1.29, 1.82) is 0 Å². The highest BCUT2D eigenvalue weighted by molar-refractivity contribution is 7.52. The second-order valence-electron chi connectivity index (χ2n) is 3.94. The minimum atomic E-state index is -0.289. The van der Waals surface area contributed by atoms with E-state index in [9.17, 15) is 0 Å².